The first kappa shape index (κ1) is 13.8. The Labute approximate surface area is 112 Å². The van der Waals surface area contributed by atoms with E-state index in [1.807, 2.05) is 19.9 Å². The van der Waals surface area contributed by atoms with Crippen molar-refractivity contribution < 1.29 is 13.9 Å². The van der Waals surface area contributed by atoms with Crippen molar-refractivity contribution in [2.24, 2.45) is 0 Å². The molecule has 4 nitrogen and oxygen atoms in total. The molecule has 2 rings (SSSR count). The Kier molecular flexibility index (Phi) is 4.04. The van der Waals surface area contributed by atoms with Crippen molar-refractivity contribution in [3.63, 3.8) is 0 Å². The van der Waals surface area contributed by atoms with Crippen LogP contribution < -0.4 is 5.32 Å². The molecule has 0 bridgehead atoms. The second-order valence-corrected chi connectivity index (χ2v) is 5.16. The van der Waals surface area contributed by atoms with Gasteiger partial charge in [-0.3, -0.25) is 0 Å². The third-order valence-electron chi connectivity index (χ3n) is 3.26. The Balaban J connectivity index is 2.05. The van der Waals surface area contributed by atoms with Crippen LogP contribution in [-0.4, -0.2) is 37.2 Å². The molecule has 0 unspecified atom stereocenters. The number of carbonyl (C=O) groups excluding carboxylic acids is 1. The monoisotopic (exact) mass is 266 g/mol. The lowest BCUT2D eigenvalue weighted by Gasteiger charge is -2.33. The van der Waals surface area contributed by atoms with Crippen molar-refractivity contribution in [2.75, 3.05) is 26.3 Å². The second-order valence-electron chi connectivity index (χ2n) is 5.16. The van der Waals surface area contributed by atoms with Crippen LogP contribution in [0.5, 0.6) is 0 Å². The van der Waals surface area contributed by atoms with Gasteiger partial charge >= 0.3 is 6.03 Å². The predicted octanol–water partition coefficient (Wildman–Crippen LogP) is 2.10. The predicted molar refractivity (Wildman–Crippen MR) is 70.3 cm³/mol. The molecule has 1 aromatic carbocycles. The maximum Gasteiger partial charge on any atom is 0.318 e. The van der Waals surface area contributed by atoms with Gasteiger partial charge in [0.2, 0.25) is 0 Å². The Morgan fingerprint density at radius 3 is 2.68 bits per heavy atom. The third kappa shape index (κ3) is 3.44. The van der Waals surface area contributed by atoms with E-state index in [-0.39, 0.29) is 11.8 Å². The fourth-order valence-corrected chi connectivity index (χ4v) is 2.06. The number of nitrogens with one attached hydrogen (secondary N) is 1. The molecule has 0 aromatic heterocycles. The van der Waals surface area contributed by atoms with E-state index in [1.165, 1.54) is 12.1 Å². The third-order valence-corrected chi connectivity index (χ3v) is 3.26. The normalized spacial score (nSPS) is 16.3. The van der Waals surface area contributed by atoms with Crippen molar-refractivity contribution >= 4 is 6.03 Å². The van der Waals surface area contributed by atoms with Crippen molar-refractivity contribution in [2.45, 2.75) is 19.4 Å². The minimum absolute atomic E-state index is 0.141. The number of morpholine rings is 1. The van der Waals surface area contributed by atoms with E-state index in [0.717, 1.165) is 5.56 Å². The molecule has 0 atom stereocenters. The summed E-state index contributed by atoms with van der Waals surface area (Å²) in [5.41, 5.74) is 0.131. The molecule has 1 heterocycles. The van der Waals surface area contributed by atoms with Crippen molar-refractivity contribution in [3.05, 3.63) is 35.6 Å². The summed E-state index contributed by atoms with van der Waals surface area (Å²) in [6.45, 7) is 6.03. The van der Waals surface area contributed by atoms with Gasteiger partial charge in [-0.25, -0.2) is 9.18 Å². The topological polar surface area (TPSA) is 41.6 Å². The quantitative estimate of drug-likeness (QED) is 0.890. The molecule has 1 saturated heterocycles. The van der Waals surface area contributed by atoms with Crippen LogP contribution in [0.25, 0.3) is 0 Å². The van der Waals surface area contributed by atoms with Gasteiger partial charge in [0.15, 0.2) is 0 Å². The van der Waals surface area contributed by atoms with Crippen molar-refractivity contribution in [1.82, 2.24) is 10.2 Å². The molecule has 104 valence electrons. The van der Waals surface area contributed by atoms with Gasteiger partial charge in [0, 0.05) is 13.1 Å². The lowest BCUT2D eigenvalue weighted by Crippen LogP contribution is -2.51. The number of hydrogen-bond acceptors (Lipinski definition) is 2. The summed E-state index contributed by atoms with van der Waals surface area (Å²) in [5, 5.41) is 2.93. The van der Waals surface area contributed by atoms with E-state index in [4.69, 9.17) is 4.74 Å². The number of urea groups is 1. The number of benzene rings is 1. The molecule has 1 fully saturated rings. The van der Waals surface area contributed by atoms with Gasteiger partial charge in [-0.1, -0.05) is 12.1 Å². The van der Waals surface area contributed by atoms with Crippen LogP contribution in [0.4, 0.5) is 9.18 Å². The number of nitrogens with zero attached hydrogens (tertiary/aromatic N) is 1. The van der Waals surface area contributed by atoms with E-state index in [0.29, 0.717) is 26.3 Å². The standard InChI is InChI=1S/C14H19FN2O2/c1-14(2,11-4-3-5-12(15)10-11)16-13(18)17-6-8-19-9-7-17/h3-5,10H,6-9H2,1-2H3,(H,16,18). The van der Waals surface area contributed by atoms with Crippen molar-refractivity contribution in [3.8, 4) is 0 Å². The van der Waals surface area contributed by atoms with E-state index in [1.54, 1.807) is 11.0 Å². The molecule has 19 heavy (non-hydrogen) atoms. The molecule has 5 heteroatoms. The van der Waals surface area contributed by atoms with Gasteiger partial charge in [-0.2, -0.15) is 0 Å². The highest BCUT2D eigenvalue weighted by molar-refractivity contribution is 5.75. The Hall–Kier alpha value is -1.62. The van der Waals surface area contributed by atoms with Crippen LogP contribution in [0, 0.1) is 5.82 Å². The van der Waals surface area contributed by atoms with Gasteiger partial charge in [0.1, 0.15) is 5.82 Å². The minimum Gasteiger partial charge on any atom is -0.378 e. The summed E-state index contributed by atoms with van der Waals surface area (Å²) in [4.78, 5) is 13.9. The lowest BCUT2D eigenvalue weighted by molar-refractivity contribution is 0.0514. The van der Waals surface area contributed by atoms with Crippen LogP contribution in [0.1, 0.15) is 19.4 Å². The van der Waals surface area contributed by atoms with Crippen LogP contribution in [-0.2, 0) is 10.3 Å². The second kappa shape index (κ2) is 5.57. The molecular formula is C14H19FN2O2. The van der Waals surface area contributed by atoms with E-state index in [9.17, 15) is 9.18 Å². The molecule has 2 amide bonds. The zero-order valence-corrected chi connectivity index (χ0v) is 11.3. The van der Waals surface area contributed by atoms with Gasteiger partial charge in [0.05, 0.1) is 18.8 Å². The maximum absolute atomic E-state index is 13.2. The highest BCUT2D eigenvalue weighted by Gasteiger charge is 2.26. The van der Waals surface area contributed by atoms with E-state index < -0.39 is 5.54 Å². The van der Waals surface area contributed by atoms with Crippen LogP contribution >= 0.6 is 0 Å². The number of hydrogen-bond donors (Lipinski definition) is 1. The fourth-order valence-electron chi connectivity index (χ4n) is 2.06. The SMILES string of the molecule is CC(C)(NC(=O)N1CCOCC1)c1cccc(F)c1. The summed E-state index contributed by atoms with van der Waals surface area (Å²) in [7, 11) is 0. The minimum atomic E-state index is -0.614. The summed E-state index contributed by atoms with van der Waals surface area (Å²) >= 11 is 0. The smallest absolute Gasteiger partial charge is 0.318 e. The van der Waals surface area contributed by atoms with Crippen LogP contribution in [0.15, 0.2) is 24.3 Å². The molecular weight excluding hydrogens is 247 g/mol. The molecule has 0 aliphatic carbocycles. The number of halogens is 1. The molecule has 1 aliphatic heterocycles. The molecule has 0 radical (unpaired) electrons. The maximum atomic E-state index is 13.2. The highest BCUT2D eigenvalue weighted by atomic mass is 19.1. The first-order chi connectivity index (χ1) is 8.99. The molecule has 1 N–H and O–H groups in total. The molecule has 1 aromatic rings. The average Bonchev–Trinajstić information content (AvgIpc) is 2.39. The zero-order valence-electron chi connectivity index (χ0n) is 11.3. The number of amides is 2. The molecule has 0 spiro atoms. The van der Waals surface area contributed by atoms with Gasteiger partial charge in [-0.15, -0.1) is 0 Å². The Bertz CT molecular complexity index is 457. The van der Waals surface area contributed by atoms with Gasteiger partial charge in [0.25, 0.3) is 0 Å². The summed E-state index contributed by atoms with van der Waals surface area (Å²) in [6.07, 6.45) is 0. The lowest BCUT2D eigenvalue weighted by atomic mass is 9.94. The van der Waals surface area contributed by atoms with E-state index >= 15 is 0 Å². The fraction of sp³-hybridized carbons (Fsp3) is 0.500. The summed E-state index contributed by atoms with van der Waals surface area (Å²) in [6, 6.07) is 6.15. The molecule has 0 saturated carbocycles. The van der Waals surface area contributed by atoms with E-state index in [2.05, 4.69) is 5.32 Å². The van der Waals surface area contributed by atoms with Crippen LogP contribution in [0.3, 0.4) is 0 Å². The van der Waals surface area contributed by atoms with Gasteiger partial charge < -0.3 is 15.0 Å². The van der Waals surface area contributed by atoms with Crippen LogP contribution in [0.2, 0.25) is 0 Å². The summed E-state index contributed by atoms with van der Waals surface area (Å²) < 4.78 is 18.5. The first-order valence-corrected chi connectivity index (χ1v) is 6.40. The summed E-state index contributed by atoms with van der Waals surface area (Å²) in [5.74, 6) is -0.300. The number of rotatable bonds is 2. The Morgan fingerprint density at radius 1 is 1.37 bits per heavy atom. The average molecular weight is 266 g/mol. The highest BCUT2D eigenvalue weighted by Crippen LogP contribution is 2.21. The largest absolute Gasteiger partial charge is 0.378 e. The Morgan fingerprint density at radius 2 is 2.05 bits per heavy atom. The van der Waals surface area contributed by atoms with Crippen molar-refractivity contribution in [1.29, 1.82) is 0 Å². The van der Waals surface area contributed by atoms with Gasteiger partial charge in [-0.05, 0) is 31.5 Å². The molecule has 1 aliphatic rings. The number of ether oxygens (including phenoxy) is 1. The first-order valence-electron chi connectivity index (χ1n) is 6.40. The number of carbonyl (C=O) groups is 1. The zero-order chi connectivity index (χ0) is 13.9.